The number of thiocarbonyl (C=S) groups is 1. The number of hydrogen-bond acceptors (Lipinski definition) is 1. The second-order valence-electron chi connectivity index (χ2n) is 5.98. The fourth-order valence-corrected chi connectivity index (χ4v) is 3.39. The summed E-state index contributed by atoms with van der Waals surface area (Å²) in [5.41, 5.74) is 2.08. The van der Waals surface area contributed by atoms with E-state index < -0.39 is 0 Å². The Hall–Kier alpha value is -1.69. The van der Waals surface area contributed by atoms with E-state index in [2.05, 4.69) is 16.3 Å². The van der Waals surface area contributed by atoms with Gasteiger partial charge >= 0.3 is 0 Å². The molecule has 6 heteroatoms. The van der Waals surface area contributed by atoms with Crippen LogP contribution in [0.5, 0.6) is 0 Å². The quantitative estimate of drug-likeness (QED) is 0.817. The maximum Gasteiger partial charge on any atom is 0.173 e. The lowest BCUT2D eigenvalue weighted by Gasteiger charge is -2.34. The molecular formula is C18H20ClFN3S+. The Morgan fingerprint density at radius 3 is 2.54 bits per heavy atom. The van der Waals surface area contributed by atoms with Crippen LogP contribution in [0.15, 0.2) is 48.5 Å². The van der Waals surface area contributed by atoms with Crippen molar-refractivity contribution >= 4 is 34.6 Å². The lowest BCUT2D eigenvalue weighted by Crippen LogP contribution is -3.13. The number of hydrogen-bond donors (Lipinski definition) is 2. The molecule has 0 spiro atoms. The number of benzene rings is 2. The summed E-state index contributed by atoms with van der Waals surface area (Å²) >= 11 is 11.5. The van der Waals surface area contributed by atoms with Gasteiger partial charge in [-0.15, -0.1) is 0 Å². The van der Waals surface area contributed by atoms with Crippen LogP contribution in [0.1, 0.15) is 5.56 Å². The summed E-state index contributed by atoms with van der Waals surface area (Å²) in [5.74, 6) is -0.246. The van der Waals surface area contributed by atoms with Crippen molar-refractivity contribution in [3.63, 3.8) is 0 Å². The zero-order valence-corrected chi connectivity index (χ0v) is 14.8. The Labute approximate surface area is 152 Å². The van der Waals surface area contributed by atoms with Gasteiger partial charge in [-0.25, -0.2) is 4.39 Å². The van der Waals surface area contributed by atoms with Gasteiger partial charge in [0.2, 0.25) is 0 Å². The van der Waals surface area contributed by atoms with Crippen molar-refractivity contribution < 1.29 is 9.29 Å². The minimum atomic E-state index is -0.246. The number of rotatable bonds is 3. The van der Waals surface area contributed by atoms with Crippen LogP contribution in [0.2, 0.25) is 5.02 Å². The summed E-state index contributed by atoms with van der Waals surface area (Å²) in [6, 6.07) is 14.3. The molecule has 0 atom stereocenters. The molecule has 3 nitrogen and oxygen atoms in total. The largest absolute Gasteiger partial charge is 0.338 e. The molecule has 1 heterocycles. The summed E-state index contributed by atoms with van der Waals surface area (Å²) in [4.78, 5) is 3.69. The number of piperazine rings is 1. The molecule has 3 rings (SSSR count). The highest BCUT2D eigenvalue weighted by Crippen LogP contribution is 2.11. The van der Waals surface area contributed by atoms with Gasteiger partial charge in [-0.2, -0.15) is 0 Å². The summed E-state index contributed by atoms with van der Waals surface area (Å²) in [6.07, 6.45) is 0. The van der Waals surface area contributed by atoms with Gasteiger partial charge in [-0.3, -0.25) is 0 Å². The van der Waals surface area contributed by atoms with Gasteiger partial charge in [0.05, 0.1) is 26.2 Å². The van der Waals surface area contributed by atoms with Crippen molar-refractivity contribution in [2.45, 2.75) is 6.54 Å². The molecule has 0 bridgehead atoms. The first-order valence-corrected chi connectivity index (χ1v) is 8.78. The van der Waals surface area contributed by atoms with E-state index in [1.807, 2.05) is 18.2 Å². The van der Waals surface area contributed by atoms with Gasteiger partial charge in [0.15, 0.2) is 5.11 Å². The third kappa shape index (κ3) is 4.66. The van der Waals surface area contributed by atoms with Gasteiger partial charge in [0.25, 0.3) is 0 Å². The van der Waals surface area contributed by atoms with Crippen molar-refractivity contribution in [2.24, 2.45) is 0 Å². The predicted molar refractivity (Wildman–Crippen MR) is 100 cm³/mol. The molecule has 1 fully saturated rings. The van der Waals surface area contributed by atoms with Crippen molar-refractivity contribution in [3.8, 4) is 0 Å². The molecular weight excluding hydrogens is 345 g/mol. The Bertz CT molecular complexity index is 700. The molecule has 1 saturated heterocycles. The zero-order valence-electron chi connectivity index (χ0n) is 13.3. The molecule has 2 aromatic rings. The van der Waals surface area contributed by atoms with Crippen LogP contribution in [0, 0.1) is 5.82 Å². The number of anilines is 1. The number of halogens is 2. The van der Waals surface area contributed by atoms with E-state index in [0.29, 0.717) is 5.11 Å². The van der Waals surface area contributed by atoms with Gasteiger partial charge in [-0.1, -0.05) is 23.7 Å². The van der Waals surface area contributed by atoms with Crippen molar-refractivity contribution in [2.75, 3.05) is 31.5 Å². The van der Waals surface area contributed by atoms with E-state index in [9.17, 15) is 4.39 Å². The Balaban J connectivity index is 1.49. The summed E-state index contributed by atoms with van der Waals surface area (Å²) in [5, 5.41) is 4.66. The number of quaternary nitrogens is 1. The van der Waals surface area contributed by atoms with E-state index in [1.54, 1.807) is 12.1 Å². The molecule has 0 unspecified atom stereocenters. The van der Waals surface area contributed by atoms with Gasteiger partial charge in [-0.05, 0) is 48.6 Å². The zero-order chi connectivity index (χ0) is 16.9. The molecule has 0 aliphatic carbocycles. The first-order chi connectivity index (χ1) is 11.6. The third-order valence-electron chi connectivity index (χ3n) is 4.20. The average Bonchev–Trinajstić information content (AvgIpc) is 2.57. The molecule has 2 aromatic carbocycles. The van der Waals surface area contributed by atoms with Crippen molar-refractivity contribution in [1.29, 1.82) is 0 Å². The van der Waals surface area contributed by atoms with E-state index in [4.69, 9.17) is 23.8 Å². The summed E-state index contributed by atoms with van der Waals surface area (Å²) in [6.45, 7) is 4.84. The molecule has 24 heavy (non-hydrogen) atoms. The van der Waals surface area contributed by atoms with E-state index >= 15 is 0 Å². The molecule has 1 aliphatic rings. The number of nitrogens with one attached hydrogen (secondary N) is 2. The highest BCUT2D eigenvalue weighted by molar-refractivity contribution is 7.80. The van der Waals surface area contributed by atoms with Gasteiger partial charge in [0, 0.05) is 16.3 Å². The van der Waals surface area contributed by atoms with Crippen molar-refractivity contribution in [1.82, 2.24) is 4.90 Å². The molecule has 1 aliphatic heterocycles. The maximum atomic E-state index is 12.9. The van der Waals surface area contributed by atoms with Crippen LogP contribution in [0.3, 0.4) is 0 Å². The average molecular weight is 365 g/mol. The second kappa shape index (κ2) is 7.92. The second-order valence-corrected chi connectivity index (χ2v) is 6.80. The molecule has 0 aromatic heterocycles. The number of nitrogens with zero attached hydrogens (tertiary/aromatic N) is 1. The highest BCUT2D eigenvalue weighted by atomic mass is 35.5. The topological polar surface area (TPSA) is 19.7 Å². The first kappa shape index (κ1) is 17.1. The Morgan fingerprint density at radius 2 is 1.88 bits per heavy atom. The molecule has 2 N–H and O–H groups in total. The Kier molecular flexibility index (Phi) is 5.66. The molecule has 0 radical (unpaired) electrons. The van der Waals surface area contributed by atoms with E-state index in [-0.39, 0.29) is 5.82 Å². The predicted octanol–water partition coefficient (Wildman–Crippen LogP) is 2.58. The van der Waals surface area contributed by atoms with Gasteiger partial charge in [0.1, 0.15) is 12.4 Å². The monoisotopic (exact) mass is 364 g/mol. The van der Waals surface area contributed by atoms with Crippen LogP contribution < -0.4 is 10.2 Å². The van der Waals surface area contributed by atoms with E-state index in [0.717, 1.165) is 43.4 Å². The maximum absolute atomic E-state index is 12.9. The van der Waals surface area contributed by atoms with Crippen LogP contribution in [-0.4, -0.2) is 36.2 Å². The van der Waals surface area contributed by atoms with Crippen LogP contribution in [0.4, 0.5) is 10.1 Å². The third-order valence-corrected chi connectivity index (χ3v) is 4.79. The van der Waals surface area contributed by atoms with Crippen LogP contribution >= 0.6 is 23.8 Å². The lowest BCUT2D eigenvalue weighted by atomic mass is 10.2. The Morgan fingerprint density at radius 1 is 1.17 bits per heavy atom. The van der Waals surface area contributed by atoms with Gasteiger partial charge < -0.3 is 15.1 Å². The molecule has 0 saturated carbocycles. The normalized spacial score (nSPS) is 15.3. The van der Waals surface area contributed by atoms with Crippen molar-refractivity contribution in [3.05, 3.63) is 64.9 Å². The highest BCUT2D eigenvalue weighted by Gasteiger charge is 2.21. The standard InChI is InChI=1S/C18H19ClFN3S/c19-15-3-1-2-14(12-15)13-22-8-10-23(11-9-22)18(24)21-17-6-4-16(20)5-7-17/h1-7,12H,8-11,13H2,(H,21,24)/p+1. The minimum Gasteiger partial charge on any atom is -0.338 e. The van der Waals surface area contributed by atoms with Crippen LogP contribution in [-0.2, 0) is 6.54 Å². The minimum absolute atomic E-state index is 0.246. The summed E-state index contributed by atoms with van der Waals surface area (Å²) in [7, 11) is 0. The molecule has 0 amide bonds. The fourth-order valence-electron chi connectivity index (χ4n) is 2.87. The van der Waals surface area contributed by atoms with E-state index in [1.165, 1.54) is 22.6 Å². The fraction of sp³-hybridized carbons (Fsp3) is 0.278. The SMILES string of the molecule is Fc1ccc(NC(=S)N2CC[NH+](Cc3cccc(Cl)c3)CC2)cc1. The molecule has 126 valence electrons. The summed E-state index contributed by atoms with van der Waals surface area (Å²) < 4.78 is 12.9. The lowest BCUT2D eigenvalue weighted by molar-refractivity contribution is -0.917. The first-order valence-electron chi connectivity index (χ1n) is 8.00. The smallest absolute Gasteiger partial charge is 0.173 e. The van der Waals surface area contributed by atoms with Crippen LogP contribution in [0.25, 0.3) is 0 Å².